The molecule has 152 valence electrons. The lowest BCUT2D eigenvalue weighted by Crippen LogP contribution is -2.52. The minimum absolute atomic E-state index is 0.0363. The van der Waals surface area contributed by atoms with Crippen molar-refractivity contribution in [3.05, 3.63) is 35.4 Å². The van der Waals surface area contributed by atoms with Gasteiger partial charge in [-0.2, -0.15) is 0 Å². The van der Waals surface area contributed by atoms with Crippen LogP contribution in [0.25, 0.3) is 0 Å². The molecular formula is C22H31N3O3. The van der Waals surface area contributed by atoms with Crippen molar-refractivity contribution in [2.45, 2.75) is 52.0 Å². The SMILES string of the molecule is CCN1C(=O)CC(CC(=O)N2CCN(C(C)C)CC2)(c2ccccc2C)C1=O. The Hall–Kier alpha value is -2.21. The fraction of sp³-hybridized carbons (Fsp3) is 0.591. The molecule has 0 spiro atoms. The van der Waals surface area contributed by atoms with Gasteiger partial charge in [-0.25, -0.2) is 0 Å². The molecule has 3 amide bonds. The Balaban J connectivity index is 1.88. The van der Waals surface area contributed by atoms with Crippen LogP contribution in [-0.2, 0) is 19.8 Å². The van der Waals surface area contributed by atoms with Crippen LogP contribution in [0.2, 0.25) is 0 Å². The molecule has 0 N–H and O–H groups in total. The van der Waals surface area contributed by atoms with E-state index in [0.717, 1.165) is 24.2 Å². The molecule has 6 heteroatoms. The Morgan fingerprint density at radius 1 is 1.11 bits per heavy atom. The quantitative estimate of drug-likeness (QED) is 0.727. The smallest absolute Gasteiger partial charge is 0.240 e. The summed E-state index contributed by atoms with van der Waals surface area (Å²) in [5.41, 5.74) is 0.669. The maximum absolute atomic E-state index is 13.3. The van der Waals surface area contributed by atoms with Crippen molar-refractivity contribution >= 4 is 17.7 Å². The predicted octanol–water partition coefficient (Wildman–Crippen LogP) is 1.95. The molecule has 0 saturated carbocycles. The Morgan fingerprint density at radius 3 is 2.29 bits per heavy atom. The highest BCUT2D eigenvalue weighted by molar-refractivity contribution is 6.10. The number of carbonyl (C=O) groups excluding carboxylic acids is 3. The number of nitrogens with zero attached hydrogens (tertiary/aromatic N) is 3. The first-order chi connectivity index (χ1) is 13.3. The van der Waals surface area contributed by atoms with Gasteiger partial charge in [0.2, 0.25) is 17.7 Å². The second-order valence-corrected chi connectivity index (χ2v) is 8.20. The van der Waals surface area contributed by atoms with E-state index in [1.54, 1.807) is 6.92 Å². The van der Waals surface area contributed by atoms with Gasteiger partial charge in [0.25, 0.3) is 0 Å². The molecule has 1 atom stereocenters. The summed E-state index contributed by atoms with van der Waals surface area (Å²) in [6.07, 6.45) is 0.128. The van der Waals surface area contributed by atoms with Crippen LogP contribution in [0.1, 0.15) is 44.7 Å². The first kappa shape index (κ1) is 20.5. The second-order valence-electron chi connectivity index (χ2n) is 8.20. The molecule has 0 radical (unpaired) electrons. The highest BCUT2D eigenvalue weighted by Crippen LogP contribution is 2.41. The van der Waals surface area contributed by atoms with Crippen LogP contribution < -0.4 is 0 Å². The van der Waals surface area contributed by atoms with Gasteiger partial charge in [0, 0.05) is 51.6 Å². The monoisotopic (exact) mass is 385 g/mol. The number of likely N-dealkylation sites (N-methyl/N-ethyl adjacent to an activating group) is 1. The number of benzene rings is 1. The van der Waals surface area contributed by atoms with Crippen LogP contribution in [0.4, 0.5) is 0 Å². The van der Waals surface area contributed by atoms with Gasteiger partial charge in [0.05, 0.1) is 5.41 Å². The van der Waals surface area contributed by atoms with E-state index in [2.05, 4.69) is 18.7 Å². The Morgan fingerprint density at radius 2 is 1.75 bits per heavy atom. The van der Waals surface area contributed by atoms with Crippen LogP contribution in [0.15, 0.2) is 24.3 Å². The summed E-state index contributed by atoms with van der Waals surface area (Å²) in [5.74, 6) is -0.456. The van der Waals surface area contributed by atoms with Gasteiger partial charge < -0.3 is 4.90 Å². The van der Waals surface area contributed by atoms with Crippen LogP contribution in [-0.4, -0.2) is 71.2 Å². The van der Waals surface area contributed by atoms with Crippen molar-refractivity contribution in [1.29, 1.82) is 0 Å². The van der Waals surface area contributed by atoms with Gasteiger partial charge in [0.15, 0.2) is 0 Å². The van der Waals surface area contributed by atoms with Crippen molar-refractivity contribution in [2.75, 3.05) is 32.7 Å². The summed E-state index contributed by atoms with van der Waals surface area (Å²) in [6, 6.07) is 8.09. The number of rotatable bonds is 5. The zero-order chi connectivity index (χ0) is 20.5. The summed E-state index contributed by atoms with van der Waals surface area (Å²) in [5, 5.41) is 0. The Labute approximate surface area is 167 Å². The fourth-order valence-electron chi connectivity index (χ4n) is 4.53. The maximum Gasteiger partial charge on any atom is 0.240 e. The van der Waals surface area contributed by atoms with Crippen molar-refractivity contribution in [1.82, 2.24) is 14.7 Å². The Bertz CT molecular complexity index is 768. The number of piperazine rings is 1. The molecule has 0 aromatic heterocycles. The van der Waals surface area contributed by atoms with E-state index in [-0.39, 0.29) is 30.6 Å². The predicted molar refractivity (Wildman–Crippen MR) is 108 cm³/mol. The topological polar surface area (TPSA) is 60.9 Å². The lowest BCUT2D eigenvalue weighted by Gasteiger charge is -2.38. The average molecular weight is 386 g/mol. The second kappa shape index (κ2) is 8.03. The zero-order valence-electron chi connectivity index (χ0n) is 17.4. The summed E-state index contributed by atoms with van der Waals surface area (Å²) in [7, 11) is 0. The van der Waals surface area contributed by atoms with Gasteiger partial charge >= 0.3 is 0 Å². The van der Waals surface area contributed by atoms with Crippen molar-refractivity contribution in [3.8, 4) is 0 Å². The molecule has 2 saturated heterocycles. The summed E-state index contributed by atoms with van der Waals surface area (Å²) in [4.78, 5) is 44.6. The van der Waals surface area contributed by atoms with Gasteiger partial charge in [-0.05, 0) is 38.8 Å². The summed E-state index contributed by atoms with van der Waals surface area (Å²) < 4.78 is 0. The third-order valence-corrected chi connectivity index (χ3v) is 6.24. The van der Waals surface area contributed by atoms with E-state index < -0.39 is 5.41 Å². The zero-order valence-corrected chi connectivity index (χ0v) is 17.4. The number of aryl methyl sites for hydroxylation is 1. The summed E-state index contributed by atoms with van der Waals surface area (Å²) >= 11 is 0. The van der Waals surface area contributed by atoms with Crippen LogP contribution in [0, 0.1) is 6.92 Å². The minimum Gasteiger partial charge on any atom is -0.340 e. The van der Waals surface area contributed by atoms with E-state index in [9.17, 15) is 14.4 Å². The molecule has 0 aliphatic carbocycles. The number of imide groups is 1. The van der Waals surface area contributed by atoms with Gasteiger partial charge in [-0.15, -0.1) is 0 Å². The number of hydrogen-bond donors (Lipinski definition) is 0. The first-order valence-corrected chi connectivity index (χ1v) is 10.2. The fourth-order valence-corrected chi connectivity index (χ4v) is 4.53. The molecule has 1 aromatic carbocycles. The minimum atomic E-state index is -1.08. The highest BCUT2D eigenvalue weighted by Gasteiger charge is 2.54. The van der Waals surface area contributed by atoms with Crippen LogP contribution in [0.5, 0.6) is 0 Å². The normalized spacial score (nSPS) is 23.8. The molecule has 2 aliphatic heterocycles. The van der Waals surface area contributed by atoms with E-state index in [0.29, 0.717) is 25.7 Å². The lowest BCUT2D eigenvalue weighted by atomic mass is 9.74. The van der Waals surface area contributed by atoms with E-state index >= 15 is 0 Å². The third kappa shape index (κ3) is 3.58. The van der Waals surface area contributed by atoms with Crippen LogP contribution >= 0.6 is 0 Å². The number of likely N-dealkylation sites (tertiary alicyclic amines) is 1. The van der Waals surface area contributed by atoms with E-state index in [1.807, 2.05) is 36.1 Å². The molecule has 1 aromatic rings. The molecule has 2 fully saturated rings. The van der Waals surface area contributed by atoms with Gasteiger partial charge in [-0.3, -0.25) is 24.2 Å². The molecule has 1 unspecified atom stereocenters. The van der Waals surface area contributed by atoms with Crippen molar-refractivity contribution < 1.29 is 14.4 Å². The molecule has 2 heterocycles. The number of carbonyl (C=O) groups is 3. The number of amides is 3. The first-order valence-electron chi connectivity index (χ1n) is 10.2. The molecule has 6 nitrogen and oxygen atoms in total. The van der Waals surface area contributed by atoms with E-state index in [1.165, 1.54) is 4.90 Å². The highest BCUT2D eigenvalue weighted by atomic mass is 16.2. The Kier molecular flexibility index (Phi) is 5.89. The molecule has 2 aliphatic rings. The largest absolute Gasteiger partial charge is 0.340 e. The average Bonchev–Trinajstić information content (AvgIpc) is 2.92. The van der Waals surface area contributed by atoms with Crippen molar-refractivity contribution in [2.24, 2.45) is 0 Å². The van der Waals surface area contributed by atoms with Crippen molar-refractivity contribution in [3.63, 3.8) is 0 Å². The molecule has 28 heavy (non-hydrogen) atoms. The van der Waals surface area contributed by atoms with E-state index in [4.69, 9.17) is 0 Å². The van der Waals surface area contributed by atoms with Gasteiger partial charge in [-0.1, -0.05) is 24.3 Å². The molecule has 3 rings (SSSR count). The molecule has 0 bridgehead atoms. The maximum atomic E-state index is 13.3. The van der Waals surface area contributed by atoms with Crippen LogP contribution in [0.3, 0.4) is 0 Å². The summed E-state index contributed by atoms with van der Waals surface area (Å²) in [6.45, 7) is 11.4. The molecular weight excluding hydrogens is 354 g/mol. The lowest BCUT2D eigenvalue weighted by molar-refractivity contribution is -0.143. The number of hydrogen-bond acceptors (Lipinski definition) is 4. The van der Waals surface area contributed by atoms with Gasteiger partial charge in [0.1, 0.15) is 0 Å². The standard InChI is InChI=1S/C22H31N3O3/c1-5-25-20(27)15-22(21(25)28,18-9-7-6-8-17(18)4)14-19(26)24-12-10-23(11-13-24)16(2)3/h6-9,16H,5,10-15H2,1-4H3. The third-order valence-electron chi connectivity index (χ3n) is 6.24.